The fourth-order valence-corrected chi connectivity index (χ4v) is 2.20. The first kappa shape index (κ1) is 10.5. The van der Waals surface area contributed by atoms with Gasteiger partial charge in [0.05, 0.1) is 0 Å². The lowest BCUT2D eigenvalue weighted by Gasteiger charge is -2.20. The molecule has 0 fully saturated rings. The van der Waals surface area contributed by atoms with Gasteiger partial charge in [-0.3, -0.25) is 0 Å². The lowest BCUT2D eigenvalue weighted by Crippen LogP contribution is -2.22. The average Bonchev–Trinajstić information content (AvgIpc) is 2.57. The van der Waals surface area contributed by atoms with E-state index in [9.17, 15) is 0 Å². The van der Waals surface area contributed by atoms with E-state index in [1.54, 1.807) is 0 Å². The molecular weight excluding hydrogens is 182 g/mol. The lowest BCUT2D eigenvalue weighted by atomic mass is 10.1. The predicted molar refractivity (Wildman–Crippen MR) is 66.6 cm³/mol. The number of hydrogen-bond donors (Lipinski definition) is 0. The summed E-state index contributed by atoms with van der Waals surface area (Å²) < 4.78 is 0. The number of benzene rings is 1. The van der Waals surface area contributed by atoms with Crippen molar-refractivity contribution >= 4 is 5.69 Å². The van der Waals surface area contributed by atoms with Crippen LogP contribution >= 0.6 is 0 Å². The van der Waals surface area contributed by atoms with Crippen molar-refractivity contribution in [3.05, 3.63) is 29.3 Å². The van der Waals surface area contributed by atoms with Crippen LogP contribution in [0.1, 0.15) is 31.4 Å². The van der Waals surface area contributed by atoms with Crippen molar-refractivity contribution in [2.24, 2.45) is 5.92 Å². The van der Waals surface area contributed by atoms with Gasteiger partial charge in [0.1, 0.15) is 0 Å². The summed E-state index contributed by atoms with van der Waals surface area (Å²) in [6.45, 7) is 9.21. The molecule has 0 saturated carbocycles. The van der Waals surface area contributed by atoms with Gasteiger partial charge >= 0.3 is 0 Å². The zero-order valence-corrected chi connectivity index (χ0v) is 10.1. The van der Waals surface area contributed by atoms with Crippen molar-refractivity contribution in [3.8, 4) is 0 Å². The molecule has 1 aromatic carbocycles. The molecule has 0 unspecified atom stereocenters. The third-order valence-corrected chi connectivity index (χ3v) is 3.21. The van der Waals surface area contributed by atoms with Gasteiger partial charge in [0.25, 0.3) is 0 Å². The molecule has 1 heteroatoms. The molecule has 0 spiro atoms. The zero-order valence-electron chi connectivity index (χ0n) is 10.1. The van der Waals surface area contributed by atoms with Crippen LogP contribution in [0.4, 0.5) is 5.69 Å². The third kappa shape index (κ3) is 2.34. The summed E-state index contributed by atoms with van der Waals surface area (Å²) in [6.07, 6.45) is 2.53. The number of aryl methyl sites for hydroxylation is 1. The predicted octanol–water partition coefficient (Wildman–Crippen LogP) is 3.40. The largest absolute Gasteiger partial charge is 0.371 e. The maximum atomic E-state index is 2.54. The van der Waals surface area contributed by atoms with Gasteiger partial charge in [0.2, 0.25) is 0 Å². The minimum Gasteiger partial charge on any atom is -0.371 e. The van der Waals surface area contributed by atoms with E-state index in [1.165, 1.54) is 42.7 Å². The van der Waals surface area contributed by atoms with Crippen molar-refractivity contribution in [2.45, 2.75) is 33.6 Å². The Kier molecular flexibility index (Phi) is 2.99. The first-order valence-electron chi connectivity index (χ1n) is 6.01. The summed E-state index contributed by atoms with van der Waals surface area (Å²) in [6, 6.07) is 6.85. The Morgan fingerprint density at radius 2 is 2.13 bits per heavy atom. The van der Waals surface area contributed by atoms with E-state index in [-0.39, 0.29) is 0 Å². The molecule has 0 aromatic heterocycles. The number of nitrogens with zero attached hydrogens (tertiary/aromatic N) is 1. The SMILES string of the molecule is Cc1ccc2c(c1)N(CCC(C)C)CC2. The van der Waals surface area contributed by atoms with Crippen LogP contribution < -0.4 is 4.90 Å². The van der Waals surface area contributed by atoms with Gasteiger partial charge in [0.15, 0.2) is 0 Å². The molecule has 15 heavy (non-hydrogen) atoms. The molecule has 0 aliphatic carbocycles. The van der Waals surface area contributed by atoms with Crippen LogP contribution in [0.15, 0.2) is 18.2 Å². The maximum absolute atomic E-state index is 2.54. The highest BCUT2D eigenvalue weighted by atomic mass is 15.1. The minimum absolute atomic E-state index is 0.804. The van der Waals surface area contributed by atoms with Crippen LogP contribution in [0.2, 0.25) is 0 Å². The fourth-order valence-electron chi connectivity index (χ4n) is 2.20. The Hall–Kier alpha value is -0.980. The van der Waals surface area contributed by atoms with Crippen molar-refractivity contribution in [1.82, 2.24) is 0 Å². The standard InChI is InChI=1S/C14H21N/c1-11(2)6-8-15-9-7-13-5-4-12(3)10-14(13)15/h4-5,10-11H,6-9H2,1-3H3. The molecule has 0 amide bonds. The van der Waals surface area contributed by atoms with E-state index in [0.717, 1.165) is 5.92 Å². The van der Waals surface area contributed by atoms with Gasteiger partial charge in [0, 0.05) is 18.8 Å². The van der Waals surface area contributed by atoms with E-state index in [4.69, 9.17) is 0 Å². The summed E-state index contributed by atoms with van der Waals surface area (Å²) in [5.74, 6) is 0.804. The topological polar surface area (TPSA) is 3.24 Å². The third-order valence-electron chi connectivity index (χ3n) is 3.21. The summed E-state index contributed by atoms with van der Waals surface area (Å²) in [4.78, 5) is 2.54. The van der Waals surface area contributed by atoms with Crippen molar-refractivity contribution < 1.29 is 0 Å². The van der Waals surface area contributed by atoms with Crippen molar-refractivity contribution in [1.29, 1.82) is 0 Å². The van der Waals surface area contributed by atoms with Gasteiger partial charge in [-0.05, 0) is 42.9 Å². The molecule has 0 atom stereocenters. The summed E-state index contributed by atoms with van der Waals surface area (Å²) in [5, 5.41) is 0. The van der Waals surface area contributed by atoms with Crippen molar-refractivity contribution in [2.75, 3.05) is 18.0 Å². The molecule has 1 aliphatic heterocycles. The first-order valence-corrected chi connectivity index (χ1v) is 6.01. The first-order chi connectivity index (χ1) is 7.16. The van der Waals surface area contributed by atoms with E-state index in [2.05, 4.69) is 43.9 Å². The van der Waals surface area contributed by atoms with Gasteiger partial charge < -0.3 is 4.90 Å². The molecule has 0 saturated heterocycles. The molecular formula is C14H21N. The van der Waals surface area contributed by atoms with Gasteiger partial charge in [-0.1, -0.05) is 26.0 Å². The fraction of sp³-hybridized carbons (Fsp3) is 0.571. The van der Waals surface area contributed by atoms with Crippen LogP contribution in [0.3, 0.4) is 0 Å². The molecule has 2 rings (SSSR count). The van der Waals surface area contributed by atoms with Crippen LogP contribution in [0, 0.1) is 12.8 Å². The molecule has 1 nitrogen and oxygen atoms in total. The second kappa shape index (κ2) is 4.26. The van der Waals surface area contributed by atoms with E-state index in [1.807, 2.05) is 0 Å². The Morgan fingerprint density at radius 3 is 2.87 bits per heavy atom. The number of rotatable bonds is 3. The van der Waals surface area contributed by atoms with E-state index in [0.29, 0.717) is 0 Å². The molecule has 0 radical (unpaired) electrons. The van der Waals surface area contributed by atoms with E-state index < -0.39 is 0 Å². The van der Waals surface area contributed by atoms with Crippen LogP contribution in [-0.4, -0.2) is 13.1 Å². The number of fused-ring (bicyclic) bond motifs is 1. The summed E-state index contributed by atoms with van der Waals surface area (Å²) >= 11 is 0. The van der Waals surface area contributed by atoms with Crippen LogP contribution in [0.5, 0.6) is 0 Å². The quantitative estimate of drug-likeness (QED) is 0.727. The zero-order chi connectivity index (χ0) is 10.8. The Bertz CT molecular complexity index is 341. The monoisotopic (exact) mass is 203 g/mol. The summed E-state index contributed by atoms with van der Waals surface area (Å²) in [7, 11) is 0. The molecule has 82 valence electrons. The number of anilines is 1. The van der Waals surface area contributed by atoms with Crippen LogP contribution in [-0.2, 0) is 6.42 Å². The molecule has 1 aromatic rings. The number of hydrogen-bond acceptors (Lipinski definition) is 1. The molecule has 1 heterocycles. The van der Waals surface area contributed by atoms with Crippen molar-refractivity contribution in [3.63, 3.8) is 0 Å². The average molecular weight is 203 g/mol. The van der Waals surface area contributed by atoms with Crippen LogP contribution in [0.25, 0.3) is 0 Å². The summed E-state index contributed by atoms with van der Waals surface area (Å²) in [5.41, 5.74) is 4.39. The Labute approximate surface area is 93.1 Å². The lowest BCUT2D eigenvalue weighted by molar-refractivity contribution is 0.578. The Morgan fingerprint density at radius 1 is 1.33 bits per heavy atom. The van der Waals surface area contributed by atoms with E-state index >= 15 is 0 Å². The molecule has 1 aliphatic rings. The highest BCUT2D eigenvalue weighted by molar-refractivity contribution is 5.59. The highest BCUT2D eigenvalue weighted by Crippen LogP contribution is 2.29. The minimum atomic E-state index is 0.804. The van der Waals surface area contributed by atoms with Gasteiger partial charge in [-0.2, -0.15) is 0 Å². The smallest absolute Gasteiger partial charge is 0.0402 e. The normalized spacial score (nSPS) is 14.8. The molecule has 0 bridgehead atoms. The van der Waals surface area contributed by atoms with Gasteiger partial charge in [-0.25, -0.2) is 0 Å². The second-order valence-corrected chi connectivity index (χ2v) is 5.05. The Balaban J connectivity index is 2.10. The maximum Gasteiger partial charge on any atom is 0.0402 e. The molecule has 0 N–H and O–H groups in total. The highest BCUT2D eigenvalue weighted by Gasteiger charge is 2.18. The second-order valence-electron chi connectivity index (χ2n) is 5.05. The van der Waals surface area contributed by atoms with Gasteiger partial charge in [-0.15, -0.1) is 0 Å².